The van der Waals surface area contributed by atoms with Crippen molar-refractivity contribution in [3.63, 3.8) is 0 Å². The molecule has 88 valence electrons. The first kappa shape index (κ1) is 11.1. The van der Waals surface area contributed by atoms with E-state index in [4.69, 9.17) is 5.11 Å². The number of aromatic carboxylic acids is 1. The van der Waals surface area contributed by atoms with E-state index in [-0.39, 0.29) is 23.9 Å². The molecule has 0 aliphatic carbocycles. The highest BCUT2D eigenvalue weighted by Crippen LogP contribution is 2.30. The van der Waals surface area contributed by atoms with Crippen LogP contribution < -0.4 is 10.2 Å². The van der Waals surface area contributed by atoms with E-state index in [9.17, 15) is 14.4 Å². The second kappa shape index (κ2) is 3.89. The quantitative estimate of drug-likeness (QED) is 0.748. The van der Waals surface area contributed by atoms with Gasteiger partial charge in [0.25, 0.3) is 0 Å². The van der Waals surface area contributed by atoms with Crippen LogP contribution in [-0.2, 0) is 9.59 Å². The van der Waals surface area contributed by atoms with Crippen LogP contribution in [0.15, 0.2) is 18.2 Å². The van der Waals surface area contributed by atoms with E-state index in [1.807, 2.05) is 0 Å². The molecule has 1 aromatic rings. The van der Waals surface area contributed by atoms with Gasteiger partial charge in [-0.15, -0.1) is 0 Å². The zero-order chi connectivity index (χ0) is 12.6. The molecule has 2 amide bonds. The van der Waals surface area contributed by atoms with Crippen LogP contribution in [0.5, 0.6) is 0 Å². The summed E-state index contributed by atoms with van der Waals surface area (Å²) in [6, 6.07) is 4.25. The minimum absolute atomic E-state index is 0.0469. The summed E-state index contributed by atoms with van der Waals surface area (Å²) in [5.74, 6) is -1.68. The molecule has 0 spiro atoms. The fourth-order valence-electron chi connectivity index (χ4n) is 1.70. The summed E-state index contributed by atoms with van der Waals surface area (Å²) < 4.78 is 0. The first-order valence-corrected chi connectivity index (χ1v) is 4.94. The minimum Gasteiger partial charge on any atom is -0.478 e. The Kier molecular flexibility index (Phi) is 2.55. The number of carbonyl (C=O) groups is 3. The molecule has 17 heavy (non-hydrogen) atoms. The van der Waals surface area contributed by atoms with Gasteiger partial charge in [0.15, 0.2) is 0 Å². The number of carboxylic acids is 1. The fourth-order valence-corrected chi connectivity index (χ4v) is 1.70. The Morgan fingerprint density at radius 1 is 1.41 bits per heavy atom. The Morgan fingerprint density at radius 3 is 2.71 bits per heavy atom. The highest BCUT2D eigenvalue weighted by molar-refractivity contribution is 6.10. The average molecular weight is 234 g/mol. The predicted molar refractivity (Wildman–Crippen MR) is 60.1 cm³/mol. The van der Waals surface area contributed by atoms with Crippen LogP contribution in [0.1, 0.15) is 17.3 Å². The van der Waals surface area contributed by atoms with Gasteiger partial charge >= 0.3 is 5.97 Å². The van der Waals surface area contributed by atoms with Crippen molar-refractivity contribution in [3.05, 3.63) is 23.8 Å². The summed E-state index contributed by atoms with van der Waals surface area (Å²) in [7, 11) is 0. The van der Waals surface area contributed by atoms with Crippen molar-refractivity contribution < 1.29 is 19.5 Å². The van der Waals surface area contributed by atoms with E-state index >= 15 is 0 Å². The van der Waals surface area contributed by atoms with Gasteiger partial charge in [-0.1, -0.05) is 0 Å². The summed E-state index contributed by atoms with van der Waals surface area (Å²) in [5, 5.41) is 11.4. The third-order valence-electron chi connectivity index (χ3n) is 2.49. The van der Waals surface area contributed by atoms with E-state index < -0.39 is 5.97 Å². The Morgan fingerprint density at radius 2 is 2.12 bits per heavy atom. The zero-order valence-corrected chi connectivity index (χ0v) is 9.06. The van der Waals surface area contributed by atoms with Crippen LogP contribution in [-0.4, -0.2) is 29.4 Å². The van der Waals surface area contributed by atoms with E-state index in [1.165, 1.54) is 30.0 Å². The van der Waals surface area contributed by atoms with Crippen LogP contribution >= 0.6 is 0 Å². The van der Waals surface area contributed by atoms with Crippen molar-refractivity contribution in [2.75, 3.05) is 16.8 Å². The van der Waals surface area contributed by atoms with Crippen LogP contribution in [0.2, 0.25) is 0 Å². The normalized spacial score (nSPS) is 13.9. The van der Waals surface area contributed by atoms with Gasteiger partial charge in [0.05, 0.1) is 16.9 Å². The third kappa shape index (κ3) is 1.96. The zero-order valence-electron chi connectivity index (χ0n) is 9.06. The molecule has 2 rings (SSSR count). The smallest absolute Gasteiger partial charge is 0.335 e. The lowest BCUT2D eigenvalue weighted by Gasteiger charge is -2.28. The predicted octanol–water partition coefficient (Wildman–Crippen LogP) is 0.690. The molecule has 0 saturated heterocycles. The van der Waals surface area contributed by atoms with Gasteiger partial charge < -0.3 is 15.3 Å². The highest BCUT2D eigenvalue weighted by atomic mass is 16.4. The standard InChI is InChI=1S/C11H10N2O4/c1-6(14)13-5-10(15)12-8-4-7(11(16)17)2-3-9(8)13/h2-4H,5H2,1H3,(H,12,15)(H,16,17). The van der Waals surface area contributed by atoms with Crippen molar-refractivity contribution in [2.45, 2.75) is 6.92 Å². The maximum Gasteiger partial charge on any atom is 0.335 e. The van der Waals surface area contributed by atoms with Gasteiger partial charge in [-0.2, -0.15) is 0 Å². The largest absolute Gasteiger partial charge is 0.478 e. The summed E-state index contributed by atoms with van der Waals surface area (Å²) >= 11 is 0. The molecule has 6 heteroatoms. The number of hydrogen-bond acceptors (Lipinski definition) is 3. The molecule has 1 aromatic carbocycles. The number of hydrogen-bond donors (Lipinski definition) is 2. The molecule has 0 bridgehead atoms. The maximum absolute atomic E-state index is 11.4. The van der Waals surface area contributed by atoms with Crippen LogP contribution in [0.3, 0.4) is 0 Å². The molecule has 0 radical (unpaired) electrons. The monoisotopic (exact) mass is 234 g/mol. The Hall–Kier alpha value is -2.37. The topological polar surface area (TPSA) is 86.7 Å². The number of nitrogens with one attached hydrogen (secondary N) is 1. The second-order valence-electron chi connectivity index (χ2n) is 3.69. The van der Waals surface area contributed by atoms with E-state index in [2.05, 4.69) is 5.32 Å². The van der Waals surface area contributed by atoms with Gasteiger partial charge in [-0.3, -0.25) is 9.59 Å². The molecule has 1 heterocycles. The first-order chi connectivity index (χ1) is 7.99. The average Bonchev–Trinajstić information content (AvgIpc) is 2.26. The molecule has 1 aliphatic heterocycles. The maximum atomic E-state index is 11.4. The molecule has 0 saturated carbocycles. The third-order valence-corrected chi connectivity index (χ3v) is 2.49. The minimum atomic E-state index is -1.08. The second-order valence-corrected chi connectivity index (χ2v) is 3.69. The number of amides is 2. The molecule has 0 unspecified atom stereocenters. The van der Waals surface area contributed by atoms with Gasteiger partial charge in [0.2, 0.25) is 11.8 Å². The van der Waals surface area contributed by atoms with Crippen LogP contribution in [0, 0.1) is 0 Å². The lowest BCUT2D eigenvalue weighted by atomic mass is 10.1. The van der Waals surface area contributed by atoms with Crippen molar-refractivity contribution in [2.24, 2.45) is 0 Å². The number of carbonyl (C=O) groups excluding carboxylic acids is 2. The Bertz CT molecular complexity index is 524. The molecule has 0 aromatic heterocycles. The highest BCUT2D eigenvalue weighted by Gasteiger charge is 2.25. The van der Waals surface area contributed by atoms with Gasteiger partial charge in [0.1, 0.15) is 6.54 Å². The summed E-state index contributed by atoms with van der Waals surface area (Å²) in [4.78, 5) is 34.8. The van der Waals surface area contributed by atoms with Gasteiger partial charge in [0, 0.05) is 6.92 Å². The fraction of sp³-hybridized carbons (Fsp3) is 0.182. The van der Waals surface area contributed by atoms with E-state index in [1.54, 1.807) is 0 Å². The molecule has 1 aliphatic rings. The lowest BCUT2D eigenvalue weighted by molar-refractivity contribution is -0.120. The summed E-state index contributed by atoms with van der Waals surface area (Å²) in [6.45, 7) is 1.31. The molecule has 0 fully saturated rings. The molecule has 6 nitrogen and oxygen atoms in total. The molecular weight excluding hydrogens is 224 g/mol. The first-order valence-electron chi connectivity index (χ1n) is 4.94. The van der Waals surface area contributed by atoms with Crippen LogP contribution in [0.25, 0.3) is 0 Å². The number of benzene rings is 1. The Labute approximate surface area is 96.8 Å². The van der Waals surface area contributed by atoms with E-state index in [0.717, 1.165) is 0 Å². The number of anilines is 2. The Balaban J connectivity index is 2.51. The van der Waals surface area contributed by atoms with Gasteiger partial charge in [-0.25, -0.2) is 4.79 Å². The van der Waals surface area contributed by atoms with Gasteiger partial charge in [-0.05, 0) is 18.2 Å². The lowest BCUT2D eigenvalue weighted by Crippen LogP contribution is -2.41. The molecular formula is C11H10N2O4. The number of nitrogens with zero attached hydrogens (tertiary/aromatic N) is 1. The number of carboxylic acid groups (broad SMARTS) is 1. The number of fused-ring (bicyclic) bond motifs is 1. The van der Waals surface area contributed by atoms with Crippen LogP contribution in [0.4, 0.5) is 11.4 Å². The molecule has 2 N–H and O–H groups in total. The molecule has 0 atom stereocenters. The SMILES string of the molecule is CC(=O)N1CC(=O)Nc2cc(C(=O)O)ccc21. The van der Waals surface area contributed by atoms with Crippen molar-refractivity contribution >= 4 is 29.2 Å². The summed E-state index contributed by atoms with van der Waals surface area (Å²) in [6.07, 6.45) is 0. The van der Waals surface area contributed by atoms with Crippen molar-refractivity contribution in [1.29, 1.82) is 0 Å². The summed E-state index contributed by atoms with van der Waals surface area (Å²) in [5.41, 5.74) is 0.924. The van der Waals surface area contributed by atoms with Crippen molar-refractivity contribution in [3.8, 4) is 0 Å². The number of rotatable bonds is 1. The van der Waals surface area contributed by atoms with E-state index in [0.29, 0.717) is 11.4 Å². The van der Waals surface area contributed by atoms with Crippen molar-refractivity contribution in [1.82, 2.24) is 0 Å².